The van der Waals surface area contributed by atoms with E-state index in [0.717, 1.165) is 0 Å². The van der Waals surface area contributed by atoms with Crippen LogP contribution in [0.5, 0.6) is 0 Å². The lowest BCUT2D eigenvalue weighted by atomic mass is 10.2. The third kappa shape index (κ3) is 4.09. The van der Waals surface area contributed by atoms with Gasteiger partial charge in [-0.2, -0.15) is 0 Å². The van der Waals surface area contributed by atoms with Gasteiger partial charge in [0.15, 0.2) is 0 Å². The summed E-state index contributed by atoms with van der Waals surface area (Å²) in [4.78, 5) is 24.7. The van der Waals surface area contributed by atoms with E-state index in [1.54, 1.807) is 6.20 Å². The van der Waals surface area contributed by atoms with Crippen molar-refractivity contribution in [3.63, 3.8) is 0 Å². The molecule has 0 fully saturated rings. The lowest BCUT2D eigenvalue weighted by molar-refractivity contribution is 0.102. The maximum Gasteiger partial charge on any atom is 0.328 e. The SMILES string of the molecule is CC(C)COCCn1cc(I)c(=O)[nH]c1=O. The highest BCUT2D eigenvalue weighted by Crippen LogP contribution is 1.94. The summed E-state index contributed by atoms with van der Waals surface area (Å²) in [7, 11) is 0. The van der Waals surface area contributed by atoms with E-state index in [9.17, 15) is 9.59 Å². The summed E-state index contributed by atoms with van der Waals surface area (Å²) in [6.07, 6.45) is 1.54. The van der Waals surface area contributed by atoms with Crippen LogP contribution in [0.25, 0.3) is 0 Å². The van der Waals surface area contributed by atoms with Crippen LogP contribution in [0.15, 0.2) is 15.8 Å². The Hall–Kier alpha value is -0.630. The van der Waals surface area contributed by atoms with Crippen LogP contribution in [-0.2, 0) is 11.3 Å². The molecule has 1 aromatic heterocycles. The molecule has 0 unspecified atom stereocenters. The molecule has 1 N–H and O–H groups in total. The third-order valence-corrected chi connectivity index (χ3v) is 2.66. The Morgan fingerprint density at radius 3 is 2.81 bits per heavy atom. The molecule has 0 atom stereocenters. The fraction of sp³-hybridized carbons (Fsp3) is 0.600. The first kappa shape index (κ1) is 13.4. The quantitative estimate of drug-likeness (QED) is 0.639. The minimum Gasteiger partial charge on any atom is -0.379 e. The molecule has 1 heterocycles. The van der Waals surface area contributed by atoms with Gasteiger partial charge in [0.05, 0.1) is 16.7 Å². The highest BCUT2D eigenvalue weighted by atomic mass is 127. The average Bonchev–Trinajstić information content (AvgIpc) is 2.19. The Balaban J connectivity index is 2.58. The molecular formula is C10H15IN2O3. The van der Waals surface area contributed by atoms with Gasteiger partial charge in [0.25, 0.3) is 5.56 Å². The highest BCUT2D eigenvalue weighted by molar-refractivity contribution is 14.1. The van der Waals surface area contributed by atoms with E-state index in [2.05, 4.69) is 18.8 Å². The van der Waals surface area contributed by atoms with Crippen LogP contribution in [0.4, 0.5) is 0 Å². The van der Waals surface area contributed by atoms with Crippen molar-refractivity contribution in [2.75, 3.05) is 13.2 Å². The van der Waals surface area contributed by atoms with E-state index in [1.807, 2.05) is 22.6 Å². The molecule has 0 aromatic carbocycles. The van der Waals surface area contributed by atoms with Crippen molar-refractivity contribution < 1.29 is 4.74 Å². The minimum atomic E-state index is -0.390. The monoisotopic (exact) mass is 338 g/mol. The standard InChI is InChI=1S/C10H15IN2O3/c1-7(2)6-16-4-3-13-5-8(11)9(14)12-10(13)15/h5,7H,3-4,6H2,1-2H3,(H,12,14,15). The Morgan fingerprint density at radius 2 is 2.19 bits per heavy atom. The summed E-state index contributed by atoms with van der Waals surface area (Å²) in [5.74, 6) is 0.479. The van der Waals surface area contributed by atoms with Crippen LogP contribution in [0.1, 0.15) is 13.8 Å². The van der Waals surface area contributed by atoms with Gasteiger partial charge < -0.3 is 4.74 Å². The van der Waals surface area contributed by atoms with Gasteiger partial charge in [-0.1, -0.05) is 13.8 Å². The molecule has 0 radical (unpaired) electrons. The second-order valence-corrected chi connectivity index (χ2v) is 5.06. The lowest BCUT2D eigenvalue weighted by Gasteiger charge is -2.08. The van der Waals surface area contributed by atoms with Gasteiger partial charge >= 0.3 is 5.69 Å². The van der Waals surface area contributed by atoms with Gasteiger partial charge in [-0.05, 0) is 28.5 Å². The van der Waals surface area contributed by atoms with Gasteiger partial charge in [0, 0.05) is 12.8 Å². The third-order valence-electron chi connectivity index (χ3n) is 1.90. The largest absolute Gasteiger partial charge is 0.379 e. The van der Waals surface area contributed by atoms with E-state index in [-0.39, 0.29) is 5.56 Å². The molecular weight excluding hydrogens is 323 g/mol. The number of hydrogen-bond donors (Lipinski definition) is 1. The number of hydrogen-bond acceptors (Lipinski definition) is 3. The van der Waals surface area contributed by atoms with Crippen LogP contribution < -0.4 is 11.2 Å². The summed E-state index contributed by atoms with van der Waals surface area (Å²) in [6, 6.07) is 0. The molecule has 90 valence electrons. The topological polar surface area (TPSA) is 64.1 Å². The van der Waals surface area contributed by atoms with Crippen LogP contribution in [0, 0.1) is 9.49 Å². The van der Waals surface area contributed by atoms with Gasteiger partial charge in [-0.3, -0.25) is 14.3 Å². The van der Waals surface area contributed by atoms with Crippen LogP contribution in [0.3, 0.4) is 0 Å². The van der Waals surface area contributed by atoms with Crippen molar-refractivity contribution in [3.8, 4) is 0 Å². The highest BCUT2D eigenvalue weighted by Gasteiger charge is 2.01. The second kappa shape index (κ2) is 6.19. The number of nitrogens with one attached hydrogen (secondary N) is 1. The van der Waals surface area contributed by atoms with E-state index >= 15 is 0 Å². The summed E-state index contributed by atoms with van der Waals surface area (Å²) in [5.41, 5.74) is -0.733. The Bertz CT molecular complexity index is 450. The van der Waals surface area contributed by atoms with Gasteiger partial charge in [-0.15, -0.1) is 0 Å². The Morgan fingerprint density at radius 1 is 1.50 bits per heavy atom. The number of aromatic nitrogens is 2. The van der Waals surface area contributed by atoms with Crippen LogP contribution >= 0.6 is 22.6 Å². The molecule has 0 amide bonds. The Kier molecular flexibility index (Phi) is 5.20. The van der Waals surface area contributed by atoms with Crippen molar-refractivity contribution in [1.29, 1.82) is 0 Å². The number of ether oxygens (including phenoxy) is 1. The zero-order valence-electron chi connectivity index (χ0n) is 9.33. The van der Waals surface area contributed by atoms with Crippen molar-refractivity contribution in [2.45, 2.75) is 20.4 Å². The van der Waals surface area contributed by atoms with Gasteiger partial charge in [0.1, 0.15) is 0 Å². The van der Waals surface area contributed by atoms with Crippen molar-refractivity contribution >= 4 is 22.6 Å². The molecule has 1 aromatic rings. The van der Waals surface area contributed by atoms with E-state index in [0.29, 0.717) is 29.2 Å². The van der Waals surface area contributed by atoms with Crippen molar-refractivity contribution in [2.24, 2.45) is 5.92 Å². The fourth-order valence-corrected chi connectivity index (χ4v) is 1.60. The smallest absolute Gasteiger partial charge is 0.328 e. The predicted molar refractivity (Wildman–Crippen MR) is 69.7 cm³/mol. The zero-order valence-corrected chi connectivity index (χ0v) is 11.5. The molecule has 0 bridgehead atoms. The van der Waals surface area contributed by atoms with Crippen LogP contribution in [0.2, 0.25) is 0 Å². The minimum absolute atomic E-state index is 0.343. The molecule has 0 aliphatic heterocycles. The normalized spacial score (nSPS) is 11.0. The number of aromatic amines is 1. The lowest BCUT2D eigenvalue weighted by Crippen LogP contribution is -2.32. The molecule has 0 spiro atoms. The van der Waals surface area contributed by atoms with Crippen LogP contribution in [-0.4, -0.2) is 22.8 Å². The van der Waals surface area contributed by atoms with Gasteiger partial charge in [-0.25, -0.2) is 4.79 Å². The molecule has 0 aliphatic rings. The second-order valence-electron chi connectivity index (χ2n) is 3.90. The van der Waals surface area contributed by atoms with Crippen molar-refractivity contribution in [3.05, 3.63) is 30.6 Å². The van der Waals surface area contributed by atoms with E-state index in [4.69, 9.17) is 4.74 Å². The first-order valence-electron chi connectivity index (χ1n) is 5.07. The molecule has 6 heteroatoms. The molecule has 1 rings (SSSR count). The van der Waals surface area contributed by atoms with Crippen molar-refractivity contribution in [1.82, 2.24) is 9.55 Å². The average molecular weight is 338 g/mol. The predicted octanol–water partition coefficient (Wildman–Crippen LogP) is 0.814. The molecule has 0 saturated carbocycles. The Labute approximate surface area is 107 Å². The molecule has 16 heavy (non-hydrogen) atoms. The summed E-state index contributed by atoms with van der Waals surface area (Å²) in [5, 5.41) is 0. The molecule has 5 nitrogen and oxygen atoms in total. The number of rotatable bonds is 5. The fourth-order valence-electron chi connectivity index (χ4n) is 1.13. The summed E-state index contributed by atoms with van der Waals surface area (Å²) < 4.78 is 7.32. The van der Waals surface area contributed by atoms with Gasteiger partial charge in [0.2, 0.25) is 0 Å². The first-order chi connectivity index (χ1) is 7.50. The van der Waals surface area contributed by atoms with E-state index < -0.39 is 5.69 Å². The zero-order chi connectivity index (χ0) is 12.1. The number of halogens is 1. The summed E-state index contributed by atoms with van der Waals surface area (Å²) in [6.45, 7) is 5.73. The number of H-pyrrole nitrogens is 1. The maximum absolute atomic E-state index is 11.4. The maximum atomic E-state index is 11.4. The summed E-state index contributed by atoms with van der Waals surface area (Å²) >= 11 is 1.89. The first-order valence-corrected chi connectivity index (χ1v) is 6.15. The molecule has 0 aliphatic carbocycles. The molecule has 0 saturated heterocycles. The number of nitrogens with zero attached hydrogens (tertiary/aromatic N) is 1. The van der Waals surface area contributed by atoms with E-state index in [1.165, 1.54) is 4.57 Å².